The van der Waals surface area contributed by atoms with Gasteiger partial charge in [-0.3, -0.25) is 9.59 Å². The number of thioether (sulfide) groups is 1. The Labute approximate surface area is 185 Å². The van der Waals surface area contributed by atoms with Gasteiger partial charge in [0.2, 0.25) is 0 Å². The standard InChI is InChI=1S/C24H38O5S/c1-3-5-6-8-14-24(29,13-4-2)15-10-12-20-19(21(25)17-22(20)26)11-7-9-16-30-18-23(27)28/h10,12,19-20,22,26,29H,3,5-9,11,14-18H2,1-2H3,(H,27,28)/t19-,20-,22-,24?/m1/s1. The van der Waals surface area contributed by atoms with Crippen LogP contribution in [0.5, 0.6) is 0 Å². The molecule has 1 rings (SSSR count). The molecule has 0 amide bonds. The van der Waals surface area contributed by atoms with Gasteiger partial charge in [0.25, 0.3) is 0 Å². The van der Waals surface area contributed by atoms with Crippen LogP contribution in [0.1, 0.15) is 78.1 Å². The van der Waals surface area contributed by atoms with Gasteiger partial charge in [0, 0.05) is 24.7 Å². The fourth-order valence-corrected chi connectivity index (χ4v) is 4.76. The van der Waals surface area contributed by atoms with Crippen LogP contribution in [0.15, 0.2) is 12.2 Å². The highest BCUT2D eigenvalue weighted by Crippen LogP contribution is 2.34. The van der Waals surface area contributed by atoms with Crippen molar-refractivity contribution in [2.75, 3.05) is 11.5 Å². The van der Waals surface area contributed by atoms with E-state index >= 15 is 0 Å². The Hall–Kier alpha value is -1.29. The summed E-state index contributed by atoms with van der Waals surface area (Å²) in [6.45, 7) is 3.88. The number of carbonyl (C=O) groups excluding carboxylic acids is 1. The molecular weight excluding hydrogens is 400 g/mol. The second-order valence-electron chi connectivity index (χ2n) is 8.21. The maximum absolute atomic E-state index is 12.3. The van der Waals surface area contributed by atoms with Gasteiger partial charge >= 0.3 is 5.97 Å². The number of carboxylic acid groups (broad SMARTS) is 1. The first kappa shape index (κ1) is 26.7. The van der Waals surface area contributed by atoms with Crippen molar-refractivity contribution in [2.45, 2.75) is 89.8 Å². The van der Waals surface area contributed by atoms with Crippen molar-refractivity contribution in [3.05, 3.63) is 12.2 Å². The third kappa shape index (κ3) is 10.1. The van der Waals surface area contributed by atoms with E-state index in [9.17, 15) is 19.8 Å². The fraction of sp³-hybridized carbons (Fsp3) is 0.750. The van der Waals surface area contributed by atoms with Crippen LogP contribution < -0.4 is 0 Å². The molecule has 4 atom stereocenters. The third-order valence-corrected chi connectivity index (χ3v) is 6.66. The lowest BCUT2D eigenvalue weighted by Gasteiger charge is -2.22. The number of hydrogen-bond donors (Lipinski definition) is 3. The number of rotatable bonds is 15. The van der Waals surface area contributed by atoms with Crippen molar-refractivity contribution in [3.8, 4) is 11.8 Å². The molecule has 0 bridgehead atoms. The smallest absolute Gasteiger partial charge is 0.313 e. The van der Waals surface area contributed by atoms with Gasteiger partial charge in [0.15, 0.2) is 0 Å². The van der Waals surface area contributed by atoms with Crippen LogP contribution in [0.4, 0.5) is 0 Å². The second kappa shape index (κ2) is 14.7. The molecule has 3 N–H and O–H groups in total. The van der Waals surface area contributed by atoms with Gasteiger partial charge in [-0.2, -0.15) is 11.8 Å². The Bertz CT molecular complexity index is 621. The van der Waals surface area contributed by atoms with Crippen LogP contribution >= 0.6 is 11.8 Å². The highest BCUT2D eigenvalue weighted by Gasteiger charge is 2.39. The predicted octanol–water partition coefficient (Wildman–Crippen LogP) is 4.21. The van der Waals surface area contributed by atoms with E-state index in [0.29, 0.717) is 19.3 Å². The third-order valence-electron chi connectivity index (χ3n) is 5.63. The Morgan fingerprint density at radius 2 is 2.03 bits per heavy atom. The van der Waals surface area contributed by atoms with Gasteiger partial charge < -0.3 is 15.3 Å². The molecule has 170 valence electrons. The van der Waals surface area contributed by atoms with Gasteiger partial charge in [-0.1, -0.05) is 50.7 Å². The van der Waals surface area contributed by atoms with E-state index in [1.54, 1.807) is 6.92 Å². The lowest BCUT2D eigenvalue weighted by Crippen LogP contribution is -2.26. The van der Waals surface area contributed by atoms with Crippen molar-refractivity contribution >= 4 is 23.5 Å². The molecule has 0 heterocycles. The Morgan fingerprint density at radius 3 is 2.70 bits per heavy atom. The van der Waals surface area contributed by atoms with E-state index in [-0.39, 0.29) is 29.8 Å². The van der Waals surface area contributed by atoms with E-state index in [1.165, 1.54) is 11.8 Å². The molecule has 6 heteroatoms. The fourth-order valence-electron chi connectivity index (χ4n) is 4.03. The van der Waals surface area contributed by atoms with Crippen molar-refractivity contribution < 1.29 is 24.9 Å². The minimum Gasteiger partial charge on any atom is -0.481 e. The zero-order valence-corrected chi connectivity index (χ0v) is 19.3. The summed E-state index contributed by atoms with van der Waals surface area (Å²) in [5.41, 5.74) is -1.05. The van der Waals surface area contributed by atoms with Crippen LogP contribution in [-0.4, -0.2) is 50.3 Å². The molecule has 1 unspecified atom stereocenters. The molecule has 0 aromatic rings. The Balaban J connectivity index is 2.56. The molecule has 1 aliphatic rings. The molecule has 5 nitrogen and oxygen atoms in total. The number of carbonyl (C=O) groups is 2. The van der Waals surface area contributed by atoms with E-state index in [4.69, 9.17) is 5.11 Å². The number of hydrogen-bond acceptors (Lipinski definition) is 5. The van der Waals surface area contributed by atoms with Crippen LogP contribution in [-0.2, 0) is 9.59 Å². The number of Topliss-reactive ketones (excluding diaryl/α,β-unsaturated/α-hetero) is 1. The maximum Gasteiger partial charge on any atom is 0.313 e. The summed E-state index contributed by atoms with van der Waals surface area (Å²) >= 11 is 1.39. The van der Waals surface area contributed by atoms with Crippen molar-refractivity contribution in [1.82, 2.24) is 0 Å². The van der Waals surface area contributed by atoms with Crippen molar-refractivity contribution in [2.24, 2.45) is 11.8 Å². The molecule has 0 radical (unpaired) electrons. The molecule has 1 aliphatic carbocycles. The number of aliphatic hydroxyl groups is 2. The van der Waals surface area contributed by atoms with E-state index in [1.807, 2.05) is 12.2 Å². The van der Waals surface area contributed by atoms with Gasteiger partial charge in [-0.15, -0.1) is 5.92 Å². The average molecular weight is 439 g/mol. The summed E-state index contributed by atoms with van der Waals surface area (Å²) in [7, 11) is 0. The number of carboxylic acids is 1. The Morgan fingerprint density at radius 1 is 1.27 bits per heavy atom. The van der Waals surface area contributed by atoms with Gasteiger partial charge in [0.05, 0.1) is 11.9 Å². The molecule has 0 aromatic carbocycles. The predicted molar refractivity (Wildman–Crippen MR) is 122 cm³/mol. The largest absolute Gasteiger partial charge is 0.481 e. The van der Waals surface area contributed by atoms with E-state index < -0.39 is 17.7 Å². The van der Waals surface area contributed by atoms with E-state index in [0.717, 1.165) is 44.3 Å². The Kier molecular flexibility index (Phi) is 13.1. The first-order chi connectivity index (χ1) is 14.3. The summed E-state index contributed by atoms with van der Waals surface area (Å²) in [5, 5.41) is 29.8. The SMILES string of the molecule is CC#CC(O)(CC=C[C@H]1[C@H](O)CC(=O)[C@@H]1CCCCSCC(=O)O)CCCCCC. The van der Waals surface area contributed by atoms with Crippen molar-refractivity contribution in [1.29, 1.82) is 0 Å². The molecule has 0 saturated heterocycles. The lowest BCUT2D eigenvalue weighted by molar-refractivity contribution is -0.134. The quantitative estimate of drug-likeness (QED) is 0.201. The van der Waals surface area contributed by atoms with Crippen LogP contribution in [0, 0.1) is 23.7 Å². The van der Waals surface area contributed by atoms with Gasteiger partial charge in [0.1, 0.15) is 11.4 Å². The monoisotopic (exact) mass is 438 g/mol. The summed E-state index contributed by atoms with van der Waals surface area (Å²) in [6, 6.07) is 0. The molecule has 0 aromatic heterocycles. The molecular formula is C24H38O5S. The molecule has 0 spiro atoms. The lowest BCUT2D eigenvalue weighted by atomic mass is 9.87. The second-order valence-corrected chi connectivity index (χ2v) is 9.32. The summed E-state index contributed by atoms with van der Waals surface area (Å²) in [5.74, 6) is 5.50. The first-order valence-electron chi connectivity index (χ1n) is 11.2. The normalized spacial score (nSPS) is 23.3. The topological polar surface area (TPSA) is 94.8 Å². The molecule has 1 saturated carbocycles. The number of aliphatic hydroxyl groups excluding tert-OH is 1. The molecule has 1 fully saturated rings. The van der Waals surface area contributed by atoms with E-state index in [2.05, 4.69) is 18.8 Å². The van der Waals surface area contributed by atoms with Crippen molar-refractivity contribution in [3.63, 3.8) is 0 Å². The summed E-state index contributed by atoms with van der Waals surface area (Å²) in [6.07, 6.45) is 11.0. The van der Waals surface area contributed by atoms with Gasteiger partial charge in [-0.05, 0) is 38.4 Å². The minimum atomic E-state index is -1.05. The maximum atomic E-state index is 12.3. The number of aliphatic carboxylic acids is 1. The number of unbranched alkanes of at least 4 members (excludes halogenated alkanes) is 4. The molecule has 30 heavy (non-hydrogen) atoms. The number of ketones is 1. The summed E-state index contributed by atoms with van der Waals surface area (Å²) in [4.78, 5) is 22.9. The minimum absolute atomic E-state index is 0.0958. The van der Waals surface area contributed by atoms with Gasteiger partial charge in [-0.25, -0.2) is 0 Å². The highest BCUT2D eigenvalue weighted by molar-refractivity contribution is 7.99. The van der Waals surface area contributed by atoms with Crippen LogP contribution in [0.3, 0.4) is 0 Å². The highest BCUT2D eigenvalue weighted by atomic mass is 32.2. The zero-order chi connectivity index (χ0) is 22.4. The van der Waals surface area contributed by atoms with Crippen LogP contribution in [0.2, 0.25) is 0 Å². The average Bonchev–Trinajstić information content (AvgIpc) is 2.95. The molecule has 0 aliphatic heterocycles. The van der Waals surface area contributed by atoms with Crippen LogP contribution in [0.25, 0.3) is 0 Å². The zero-order valence-electron chi connectivity index (χ0n) is 18.4. The summed E-state index contributed by atoms with van der Waals surface area (Å²) < 4.78 is 0. The first-order valence-corrected chi connectivity index (χ1v) is 12.3.